The Morgan fingerprint density at radius 3 is 2.30 bits per heavy atom. The van der Waals surface area contributed by atoms with E-state index >= 15 is 0 Å². The fourth-order valence-electron chi connectivity index (χ4n) is 2.99. The Morgan fingerprint density at radius 1 is 1.04 bits per heavy atom. The molecule has 0 aliphatic carbocycles. The average Bonchev–Trinajstić information content (AvgIpc) is 2.65. The maximum absolute atomic E-state index is 13.0. The van der Waals surface area contributed by atoms with Gasteiger partial charge in [-0.3, -0.25) is 0 Å². The van der Waals surface area contributed by atoms with E-state index in [9.17, 15) is 8.42 Å². The number of anilines is 1. The lowest BCUT2D eigenvalue weighted by Gasteiger charge is -2.35. The topological polar surface area (TPSA) is 52.7 Å². The first-order chi connectivity index (χ1) is 12.8. The third-order valence-electron chi connectivity index (χ3n) is 4.58. The molecular weight excluding hydrogens is 402 g/mol. The van der Waals surface area contributed by atoms with Gasteiger partial charge in [0, 0.05) is 36.9 Å². The molecule has 3 rings (SSSR count). The van der Waals surface area contributed by atoms with Crippen molar-refractivity contribution < 1.29 is 8.42 Å². The van der Waals surface area contributed by atoms with Gasteiger partial charge in [0.2, 0.25) is 10.0 Å². The molecule has 0 spiro atoms. The zero-order valence-electron chi connectivity index (χ0n) is 15.3. The van der Waals surface area contributed by atoms with Crippen LogP contribution >= 0.6 is 23.8 Å². The molecule has 1 heterocycles. The molecule has 0 bridgehead atoms. The SMILES string of the molecule is Cc1ccc(C)c(S(=O)(=O)N2CCN(C(=S)Nc3ccc(Cl)cc3)CC2)c1. The monoisotopic (exact) mass is 423 g/mol. The minimum Gasteiger partial charge on any atom is -0.346 e. The molecule has 5 nitrogen and oxygen atoms in total. The Kier molecular flexibility index (Phi) is 6.05. The maximum atomic E-state index is 13.0. The van der Waals surface area contributed by atoms with Crippen LogP contribution in [0.25, 0.3) is 0 Å². The molecule has 0 amide bonds. The van der Waals surface area contributed by atoms with Gasteiger partial charge in [0.25, 0.3) is 0 Å². The number of hydrogen-bond donors (Lipinski definition) is 1. The molecule has 0 atom stereocenters. The lowest BCUT2D eigenvalue weighted by Crippen LogP contribution is -2.51. The highest BCUT2D eigenvalue weighted by atomic mass is 35.5. The van der Waals surface area contributed by atoms with E-state index in [0.717, 1.165) is 16.8 Å². The number of nitrogens with one attached hydrogen (secondary N) is 1. The van der Waals surface area contributed by atoms with Crippen molar-refractivity contribution in [3.63, 3.8) is 0 Å². The normalized spacial score (nSPS) is 15.6. The minimum atomic E-state index is -3.50. The van der Waals surface area contributed by atoms with E-state index in [4.69, 9.17) is 23.8 Å². The number of sulfonamides is 1. The number of rotatable bonds is 3. The highest BCUT2D eigenvalue weighted by Crippen LogP contribution is 2.23. The minimum absolute atomic E-state index is 0.387. The summed E-state index contributed by atoms with van der Waals surface area (Å²) in [5.41, 5.74) is 2.56. The van der Waals surface area contributed by atoms with E-state index in [0.29, 0.717) is 41.2 Å². The summed E-state index contributed by atoms with van der Waals surface area (Å²) >= 11 is 11.4. The highest BCUT2D eigenvalue weighted by molar-refractivity contribution is 7.89. The molecule has 0 saturated carbocycles. The molecule has 2 aromatic carbocycles. The summed E-state index contributed by atoms with van der Waals surface area (Å²) in [5.74, 6) is 0. The molecule has 1 aliphatic rings. The van der Waals surface area contributed by atoms with Crippen LogP contribution in [-0.2, 0) is 10.0 Å². The smallest absolute Gasteiger partial charge is 0.243 e. The molecule has 2 aromatic rings. The van der Waals surface area contributed by atoms with Gasteiger partial charge in [-0.25, -0.2) is 8.42 Å². The van der Waals surface area contributed by atoms with Gasteiger partial charge in [0.05, 0.1) is 4.90 Å². The lowest BCUT2D eigenvalue weighted by molar-refractivity contribution is 0.268. The van der Waals surface area contributed by atoms with Gasteiger partial charge in [0.1, 0.15) is 0 Å². The maximum Gasteiger partial charge on any atom is 0.243 e. The summed E-state index contributed by atoms with van der Waals surface area (Å²) < 4.78 is 27.6. The molecular formula is C19H22ClN3O2S2. The van der Waals surface area contributed by atoms with Crippen LogP contribution in [0.2, 0.25) is 5.02 Å². The number of aryl methyl sites for hydroxylation is 2. The first-order valence-corrected chi connectivity index (χ1v) is 10.9. The van der Waals surface area contributed by atoms with Crippen molar-refractivity contribution in [3.05, 3.63) is 58.6 Å². The number of piperazine rings is 1. The van der Waals surface area contributed by atoms with Crippen molar-refractivity contribution >= 4 is 44.6 Å². The highest BCUT2D eigenvalue weighted by Gasteiger charge is 2.30. The fourth-order valence-corrected chi connectivity index (χ4v) is 5.15. The second-order valence-corrected chi connectivity index (χ2v) is 9.33. The van der Waals surface area contributed by atoms with Crippen LogP contribution in [0.3, 0.4) is 0 Å². The number of benzene rings is 2. The zero-order valence-corrected chi connectivity index (χ0v) is 17.7. The molecule has 144 valence electrons. The van der Waals surface area contributed by atoms with Gasteiger partial charge in [-0.15, -0.1) is 0 Å². The molecule has 1 fully saturated rings. The van der Waals surface area contributed by atoms with Crippen LogP contribution in [0.1, 0.15) is 11.1 Å². The van der Waals surface area contributed by atoms with Gasteiger partial charge in [0.15, 0.2) is 5.11 Å². The predicted octanol–water partition coefficient (Wildman–Crippen LogP) is 3.66. The number of thiocarbonyl (C=S) groups is 1. The molecule has 1 N–H and O–H groups in total. The van der Waals surface area contributed by atoms with E-state index in [2.05, 4.69) is 5.32 Å². The molecule has 1 saturated heterocycles. The van der Waals surface area contributed by atoms with Gasteiger partial charge >= 0.3 is 0 Å². The Morgan fingerprint density at radius 2 is 1.67 bits per heavy atom. The van der Waals surface area contributed by atoms with E-state index in [1.807, 2.05) is 43.0 Å². The van der Waals surface area contributed by atoms with Crippen LogP contribution in [0, 0.1) is 13.8 Å². The summed E-state index contributed by atoms with van der Waals surface area (Å²) in [4.78, 5) is 2.37. The first-order valence-electron chi connectivity index (χ1n) is 8.66. The van der Waals surface area contributed by atoms with E-state index in [-0.39, 0.29) is 0 Å². The van der Waals surface area contributed by atoms with Crippen LogP contribution in [0.4, 0.5) is 5.69 Å². The summed E-state index contributed by atoms with van der Waals surface area (Å²) in [6, 6.07) is 12.8. The second kappa shape index (κ2) is 8.14. The summed E-state index contributed by atoms with van der Waals surface area (Å²) in [7, 11) is -3.50. The van der Waals surface area contributed by atoms with E-state index < -0.39 is 10.0 Å². The molecule has 27 heavy (non-hydrogen) atoms. The fraction of sp³-hybridized carbons (Fsp3) is 0.316. The quantitative estimate of drug-likeness (QED) is 0.763. The van der Waals surface area contributed by atoms with Crippen molar-refractivity contribution in [2.45, 2.75) is 18.7 Å². The van der Waals surface area contributed by atoms with Crippen LogP contribution in [0.5, 0.6) is 0 Å². The summed E-state index contributed by atoms with van der Waals surface area (Å²) in [6.07, 6.45) is 0. The van der Waals surface area contributed by atoms with Crippen molar-refractivity contribution in [1.29, 1.82) is 0 Å². The molecule has 0 unspecified atom stereocenters. The van der Waals surface area contributed by atoms with Crippen LogP contribution < -0.4 is 5.32 Å². The lowest BCUT2D eigenvalue weighted by atomic mass is 10.2. The summed E-state index contributed by atoms with van der Waals surface area (Å²) in [5, 5.41) is 4.42. The molecule has 1 aliphatic heterocycles. The third-order valence-corrected chi connectivity index (χ3v) is 7.24. The summed E-state index contributed by atoms with van der Waals surface area (Å²) in [6.45, 7) is 5.62. The number of hydrogen-bond acceptors (Lipinski definition) is 3. The van der Waals surface area contributed by atoms with Gasteiger partial charge in [-0.1, -0.05) is 23.7 Å². The molecule has 0 aromatic heterocycles. The van der Waals surface area contributed by atoms with Crippen molar-refractivity contribution in [1.82, 2.24) is 9.21 Å². The first kappa shape index (κ1) is 20.1. The van der Waals surface area contributed by atoms with Crippen molar-refractivity contribution in [3.8, 4) is 0 Å². The van der Waals surface area contributed by atoms with Crippen LogP contribution in [-0.4, -0.2) is 48.9 Å². The second-order valence-electron chi connectivity index (χ2n) is 6.60. The largest absolute Gasteiger partial charge is 0.346 e. The standard InChI is InChI=1S/C19H22ClN3O2S2/c1-14-3-4-15(2)18(13-14)27(24,25)23-11-9-22(10-12-23)19(26)21-17-7-5-16(20)6-8-17/h3-8,13H,9-12H2,1-2H3,(H,21,26). The van der Waals surface area contributed by atoms with E-state index in [1.165, 1.54) is 4.31 Å². The van der Waals surface area contributed by atoms with Crippen LogP contribution in [0.15, 0.2) is 47.4 Å². The van der Waals surface area contributed by atoms with Gasteiger partial charge < -0.3 is 10.2 Å². The Labute approximate surface area is 171 Å². The Balaban J connectivity index is 1.65. The number of nitrogens with zero attached hydrogens (tertiary/aromatic N) is 2. The van der Waals surface area contributed by atoms with Crippen molar-refractivity contribution in [2.24, 2.45) is 0 Å². The number of halogens is 1. The molecule has 0 radical (unpaired) electrons. The predicted molar refractivity (Wildman–Crippen MR) is 114 cm³/mol. The van der Waals surface area contributed by atoms with Crippen molar-refractivity contribution in [2.75, 3.05) is 31.5 Å². The Bertz CT molecular complexity index is 938. The molecule has 8 heteroatoms. The van der Waals surface area contributed by atoms with E-state index in [1.54, 1.807) is 18.2 Å². The zero-order chi connectivity index (χ0) is 19.6. The third kappa shape index (κ3) is 4.60. The average molecular weight is 424 g/mol. The van der Waals surface area contributed by atoms with Gasteiger partial charge in [-0.2, -0.15) is 4.31 Å². The Hall–Kier alpha value is -1.67. The van der Waals surface area contributed by atoms with Gasteiger partial charge in [-0.05, 0) is 67.5 Å².